The Labute approximate surface area is 123 Å². The predicted molar refractivity (Wildman–Crippen MR) is 85.3 cm³/mol. The fraction of sp³-hybridized carbons (Fsp3) is 0.647. The first-order valence-electron chi connectivity index (χ1n) is 7.99. The summed E-state index contributed by atoms with van der Waals surface area (Å²) in [6.45, 7) is 3.54. The molecule has 0 radical (unpaired) electrons. The molecule has 3 rings (SSSR count). The molecule has 1 N–H and O–H groups in total. The van der Waals surface area contributed by atoms with Gasteiger partial charge in [-0.05, 0) is 58.0 Å². The average molecular weight is 273 g/mol. The summed E-state index contributed by atoms with van der Waals surface area (Å²) in [5.41, 5.74) is 2.97. The second-order valence-corrected chi connectivity index (χ2v) is 6.39. The van der Waals surface area contributed by atoms with Crippen LogP contribution in [0.15, 0.2) is 24.3 Å². The first-order valence-corrected chi connectivity index (χ1v) is 7.99. The van der Waals surface area contributed by atoms with Crippen LogP contribution in [-0.4, -0.2) is 44.7 Å². The van der Waals surface area contributed by atoms with Gasteiger partial charge in [0, 0.05) is 30.9 Å². The smallest absolute Gasteiger partial charge is 0.0414 e. The third kappa shape index (κ3) is 2.84. The lowest BCUT2D eigenvalue weighted by molar-refractivity contribution is 0.249. The molecule has 0 aromatic heterocycles. The molecule has 1 unspecified atom stereocenters. The van der Waals surface area contributed by atoms with E-state index in [2.05, 4.69) is 53.5 Å². The van der Waals surface area contributed by atoms with Gasteiger partial charge in [0.15, 0.2) is 0 Å². The number of piperidine rings is 1. The summed E-state index contributed by atoms with van der Waals surface area (Å²) >= 11 is 0. The summed E-state index contributed by atoms with van der Waals surface area (Å²) < 4.78 is 0. The molecule has 0 aliphatic carbocycles. The Bertz CT molecular complexity index is 430. The fourth-order valence-corrected chi connectivity index (χ4v) is 3.64. The molecule has 3 heteroatoms. The van der Waals surface area contributed by atoms with Crippen molar-refractivity contribution in [1.29, 1.82) is 0 Å². The van der Waals surface area contributed by atoms with Gasteiger partial charge in [-0.3, -0.25) is 0 Å². The summed E-state index contributed by atoms with van der Waals surface area (Å²) in [4.78, 5) is 4.97. The third-order valence-corrected chi connectivity index (χ3v) is 4.91. The molecule has 2 aliphatic rings. The second-order valence-electron chi connectivity index (χ2n) is 6.39. The molecule has 110 valence electrons. The molecule has 0 amide bonds. The lowest BCUT2D eigenvalue weighted by atomic mass is 9.99. The van der Waals surface area contributed by atoms with Gasteiger partial charge in [0.05, 0.1) is 0 Å². The molecule has 1 atom stereocenters. The van der Waals surface area contributed by atoms with Crippen LogP contribution in [0.5, 0.6) is 0 Å². The monoisotopic (exact) mass is 273 g/mol. The van der Waals surface area contributed by atoms with Gasteiger partial charge in [-0.1, -0.05) is 18.2 Å². The van der Waals surface area contributed by atoms with Crippen LogP contribution >= 0.6 is 0 Å². The molecule has 1 aromatic rings. The largest absolute Gasteiger partial charge is 0.371 e. The van der Waals surface area contributed by atoms with E-state index in [1.54, 1.807) is 0 Å². The Kier molecular flexibility index (Phi) is 4.27. The minimum atomic E-state index is 0.567. The number of nitrogens with one attached hydrogen (secondary N) is 1. The van der Waals surface area contributed by atoms with Crippen molar-refractivity contribution in [2.24, 2.45) is 0 Å². The Balaban J connectivity index is 1.74. The van der Waals surface area contributed by atoms with E-state index >= 15 is 0 Å². The van der Waals surface area contributed by atoms with Crippen molar-refractivity contribution < 1.29 is 0 Å². The van der Waals surface area contributed by atoms with E-state index in [9.17, 15) is 0 Å². The molecule has 1 aromatic carbocycles. The van der Waals surface area contributed by atoms with Gasteiger partial charge in [0.25, 0.3) is 0 Å². The number of hydrogen-bond donors (Lipinski definition) is 1. The summed E-state index contributed by atoms with van der Waals surface area (Å²) in [6, 6.07) is 10.3. The highest BCUT2D eigenvalue weighted by Gasteiger charge is 2.25. The van der Waals surface area contributed by atoms with E-state index in [1.807, 2.05) is 0 Å². The summed E-state index contributed by atoms with van der Waals surface area (Å²) in [6.07, 6.45) is 5.14. The van der Waals surface area contributed by atoms with Crippen molar-refractivity contribution in [3.63, 3.8) is 0 Å². The normalized spacial score (nSPS) is 24.6. The predicted octanol–water partition coefficient (Wildman–Crippen LogP) is 2.64. The molecule has 0 bridgehead atoms. The number of benzene rings is 1. The molecule has 20 heavy (non-hydrogen) atoms. The Morgan fingerprint density at radius 3 is 2.50 bits per heavy atom. The van der Waals surface area contributed by atoms with Crippen molar-refractivity contribution in [2.45, 2.75) is 37.8 Å². The van der Waals surface area contributed by atoms with Crippen LogP contribution in [0.25, 0.3) is 0 Å². The third-order valence-electron chi connectivity index (χ3n) is 4.91. The maximum atomic E-state index is 3.64. The number of nitrogens with zero attached hydrogens (tertiary/aromatic N) is 2. The van der Waals surface area contributed by atoms with Crippen molar-refractivity contribution >= 4 is 5.69 Å². The summed E-state index contributed by atoms with van der Waals surface area (Å²) in [5.74, 6) is 0. The molecular formula is C17H27N3. The SMILES string of the molecule is CN(C)C1CCN(c2ccccc2C2CCCN2)CC1. The number of para-hydroxylation sites is 1. The molecular weight excluding hydrogens is 246 g/mol. The molecule has 2 heterocycles. The molecule has 3 nitrogen and oxygen atoms in total. The first kappa shape index (κ1) is 13.9. The highest BCUT2D eigenvalue weighted by Crippen LogP contribution is 2.33. The molecule has 2 fully saturated rings. The Morgan fingerprint density at radius 2 is 1.85 bits per heavy atom. The lowest BCUT2D eigenvalue weighted by Crippen LogP contribution is -2.42. The van der Waals surface area contributed by atoms with Crippen molar-refractivity contribution in [3.8, 4) is 0 Å². The fourth-order valence-electron chi connectivity index (χ4n) is 3.64. The van der Waals surface area contributed by atoms with Gasteiger partial charge in [0.2, 0.25) is 0 Å². The van der Waals surface area contributed by atoms with Gasteiger partial charge in [-0.25, -0.2) is 0 Å². The minimum Gasteiger partial charge on any atom is -0.371 e. The van der Waals surface area contributed by atoms with Gasteiger partial charge < -0.3 is 15.1 Å². The lowest BCUT2D eigenvalue weighted by Gasteiger charge is -2.37. The number of anilines is 1. The zero-order chi connectivity index (χ0) is 13.9. The molecule has 0 spiro atoms. The maximum absolute atomic E-state index is 3.64. The number of hydrogen-bond acceptors (Lipinski definition) is 3. The van der Waals surface area contributed by atoms with Crippen LogP contribution in [0.4, 0.5) is 5.69 Å². The van der Waals surface area contributed by atoms with Crippen LogP contribution in [0.1, 0.15) is 37.3 Å². The van der Waals surface area contributed by atoms with E-state index in [0.717, 1.165) is 6.04 Å². The first-order chi connectivity index (χ1) is 9.75. The molecule has 0 saturated carbocycles. The average Bonchev–Trinajstić information content (AvgIpc) is 3.01. The minimum absolute atomic E-state index is 0.567. The van der Waals surface area contributed by atoms with Crippen LogP contribution in [0.3, 0.4) is 0 Å². The zero-order valence-corrected chi connectivity index (χ0v) is 12.8. The van der Waals surface area contributed by atoms with Gasteiger partial charge in [0.1, 0.15) is 0 Å². The quantitative estimate of drug-likeness (QED) is 0.913. The van der Waals surface area contributed by atoms with Crippen LogP contribution in [-0.2, 0) is 0 Å². The van der Waals surface area contributed by atoms with Gasteiger partial charge in [-0.2, -0.15) is 0 Å². The highest BCUT2D eigenvalue weighted by atomic mass is 15.2. The van der Waals surface area contributed by atoms with E-state index in [4.69, 9.17) is 0 Å². The Morgan fingerprint density at radius 1 is 1.10 bits per heavy atom. The standard InChI is InChI=1S/C17H27N3/c1-19(2)14-9-12-20(13-10-14)17-8-4-3-6-15(17)16-7-5-11-18-16/h3-4,6,8,14,16,18H,5,7,9-13H2,1-2H3. The van der Waals surface area contributed by atoms with Gasteiger partial charge in [-0.15, -0.1) is 0 Å². The number of rotatable bonds is 3. The Hall–Kier alpha value is -1.06. The molecule has 2 aliphatic heterocycles. The van der Waals surface area contributed by atoms with Gasteiger partial charge >= 0.3 is 0 Å². The van der Waals surface area contributed by atoms with E-state index in [0.29, 0.717) is 6.04 Å². The summed E-state index contributed by atoms with van der Waals surface area (Å²) in [7, 11) is 4.41. The zero-order valence-electron chi connectivity index (χ0n) is 12.8. The van der Waals surface area contributed by atoms with Crippen molar-refractivity contribution in [1.82, 2.24) is 10.2 Å². The topological polar surface area (TPSA) is 18.5 Å². The summed E-state index contributed by atoms with van der Waals surface area (Å²) in [5, 5.41) is 3.64. The van der Waals surface area contributed by atoms with Crippen LogP contribution in [0.2, 0.25) is 0 Å². The van der Waals surface area contributed by atoms with Crippen molar-refractivity contribution in [2.75, 3.05) is 38.6 Å². The second kappa shape index (κ2) is 6.15. The van der Waals surface area contributed by atoms with E-state index in [-0.39, 0.29) is 0 Å². The van der Waals surface area contributed by atoms with Crippen LogP contribution < -0.4 is 10.2 Å². The van der Waals surface area contributed by atoms with Crippen LogP contribution in [0, 0.1) is 0 Å². The van der Waals surface area contributed by atoms with E-state index in [1.165, 1.54) is 56.6 Å². The van der Waals surface area contributed by atoms with E-state index < -0.39 is 0 Å². The maximum Gasteiger partial charge on any atom is 0.0414 e. The highest BCUT2D eigenvalue weighted by molar-refractivity contribution is 5.55. The molecule has 2 saturated heterocycles. The van der Waals surface area contributed by atoms with Crippen molar-refractivity contribution in [3.05, 3.63) is 29.8 Å².